The molecule has 1 fully saturated rings. The molecule has 10 nitrogen and oxygen atoms in total. The quantitative estimate of drug-likeness (QED) is 0.0810. The number of nitrogens with zero attached hydrogens (tertiary/aromatic N) is 6. The average molecular weight is 673 g/mol. The summed E-state index contributed by atoms with van der Waals surface area (Å²) < 4.78 is 58.6. The number of carbonyl (C=O) groups excluding carboxylic acids is 2. The minimum absolute atomic E-state index is 0.0125. The molecule has 49 heavy (non-hydrogen) atoms. The predicted molar refractivity (Wildman–Crippen MR) is 171 cm³/mol. The molecule has 14 heteroatoms. The van der Waals surface area contributed by atoms with Crippen molar-refractivity contribution in [1.29, 1.82) is 0 Å². The molecule has 6 rings (SSSR count). The van der Waals surface area contributed by atoms with Crippen LogP contribution in [0.1, 0.15) is 22.3 Å². The Kier molecular flexibility index (Phi) is 9.38. The molecule has 0 atom stereocenters. The third-order valence-electron chi connectivity index (χ3n) is 8.11. The molecule has 0 unspecified atom stereocenters. The van der Waals surface area contributed by atoms with Crippen molar-refractivity contribution in [1.82, 2.24) is 24.2 Å². The number of aliphatic hydroxyl groups is 1. The zero-order valence-electron chi connectivity index (χ0n) is 25.8. The van der Waals surface area contributed by atoms with Crippen molar-refractivity contribution in [3.63, 3.8) is 0 Å². The summed E-state index contributed by atoms with van der Waals surface area (Å²) in [5.41, 5.74) is 0.885. The van der Waals surface area contributed by atoms with Crippen LogP contribution in [0.4, 0.5) is 23.2 Å². The maximum atomic E-state index is 14.5. The van der Waals surface area contributed by atoms with Crippen LogP contribution in [0, 0.1) is 23.3 Å². The number of halogens is 4. The number of anilines is 1. The molecular weight excluding hydrogens is 644 g/mol. The monoisotopic (exact) mass is 672 g/mol. The van der Waals surface area contributed by atoms with Gasteiger partial charge in [0, 0.05) is 49.7 Å². The van der Waals surface area contributed by atoms with E-state index in [9.17, 15) is 37.1 Å². The normalized spacial score (nSPS) is 13.5. The van der Waals surface area contributed by atoms with E-state index in [4.69, 9.17) is 0 Å². The fourth-order valence-corrected chi connectivity index (χ4v) is 5.60. The zero-order chi connectivity index (χ0) is 34.7. The number of ketones is 1. The summed E-state index contributed by atoms with van der Waals surface area (Å²) in [6.45, 7) is 1.03. The van der Waals surface area contributed by atoms with Gasteiger partial charge in [-0.15, -0.1) is 0 Å². The summed E-state index contributed by atoms with van der Waals surface area (Å²) in [6, 6.07) is 16.0. The number of rotatable bonds is 9. The third-order valence-corrected chi connectivity index (χ3v) is 8.11. The highest BCUT2D eigenvalue weighted by Gasteiger charge is 2.26. The highest BCUT2D eigenvalue weighted by atomic mass is 19.2. The van der Waals surface area contributed by atoms with E-state index in [1.807, 2.05) is 24.3 Å². The Hall–Kier alpha value is -6.05. The van der Waals surface area contributed by atoms with E-state index in [0.29, 0.717) is 19.2 Å². The van der Waals surface area contributed by atoms with Crippen LogP contribution in [-0.2, 0) is 22.6 Å². The molecule has 1 saturated heterocycles. The summed E-state index contributed by atoms with van der Waals surface area (Å²) >= 11 is 0. The first-order valence-electron chi connectivity index (χ1n) is 15.1. The first-order chi connectivity index (χ1) is 23.6. The Morgan fingerprint density at radius 2 is 1.51 bits per heavy atom. The Balaban J connectivity index is 1.20. The van der Waals surface area contributed by atoms with E-state index in [2.05, 4.69) is 15.0 Å². The lowest BCUT2D eigenvalue weighted by Crippen LogP contribution is -2.50. The molecule has 2 aromatic heterocycles. The predicted octanol–water partition coefficient (Wildman–Crippen LogP) is 4.44. The van der Waals surface area contributed by atoms with Gasteiger partial charge >= 0.3 is 0 Å². The van der Waals surface area contributed by atoms with Gasteiger partial charge in [-0.1, -0.05) is 18.2 Å². The molecule has 0 bridgehead atoms. The van der Waals surface area contributed by atoms with Crippen LogP contribution in [0.15, 0.2) is 96.5 Å². The molecule has 0 saturated carbocycles. The number of piperazine rings is 1. The fourth-order valence-electron chi connectivity index (χ4n) is 5.60. The van der Waals surface area contributed by atoms with Crippen molar-refractivity contribution in [3.8, 4) is 5.69 Å². The van der Waals surface area contributed by atoms with Gasteiger partial charge in [-0.3, -0.25) is 14.4 Å². The van der Waals surface area contributed by atoms with Gasteiger partial charge in [0.1, 0.15) is 24.2 Å². The van der Waals surface area contributed by atoms with Gasteiger partial charge in [-0.2, -0.15) is 5.10 Å². The summed E-state index contributed by atoms with van der Waals surface area (Å²) in [5.74, 6) is -7.85. The van der Waals surface area contributed by atoms with E-state index in [1.54, 1.807) is 17.1 Å². The van der Waals surface area contributed by atoms with Gasteiger partial charge in [-0.05, 0) is 66.1 Å². The number of aliphatic hydroxyl groups excluding tert-OH is 1. The standard InChI is InChI=1S/C35H28F4N6O4/c36-28-4-2-1-3-24(28)19-44-18-23(13-22-15-29(37)33(39)30(38)16-22)14-27(34(44)48)31(46)17-32(47)35(49)43-11-9-42(10-12-43)25-5-7-26(8-6-25)45-21-40-20-41-45/h1-8,14-18,20-21,46H,9-13,19H2/b31-17+. The minimum Gasteiger partial charge on any atom is -0.507 e. The second kappa shape index (κ2) is 14.0. The van der Waals surface area contributed by atoms with Crippen molar-refractivity contribution < 1.29 is 32.3 Å². The van der Waals surface area contributed by atoms with Crippen LogP contribution in [0.5, 0.6) is 0 Å². The average Bonchev–Trinajstić information content (AvgIpc) is 3.64. The highest BCUT2D eigenvalue weighted by Crippen LogP contribution is 2.21. The van der Waals surface area contributed by atoms with Crippen LogP contribution in [-0.4, -0.2) is 67.2 Å². The summed E-state index contributed by atoms with van der Waals surface area (Å²) in [4.78, 5) is 46.9. The molecule has 0 aliphatic carbocycles. The summed E-state index contributed by atoms with van der Waals surface area (Å²) in [5, 5.41) is 15.1. The van der Waals surface area contributed by atoms with Crippen molar-refractivity contribution in [2.45, 2.75) is 13.0 Å². The van der Waals surface area contributed by atoms with Crippen LogP contribution < -0.4 is 10.5 Å². The van der Waals surface area contributed by atoms with Gasteiger partial charge in [0.2, 0.25) is 5.78 Å². The van der Waals surface area contributed by atoms with E-state index in [-0.39, 0.29) is 42.7 Å². The molecule has 5 aromatic rings. The zero-order valence-corrected chi connectivity index (χ0v) is 25.8. The van der Waals surface area contributed by atoms with Gasteiger partial charge in [0.15, 0.2) is 17.5 Å². The molecular formula is C35H28F4N6O4. The maximum Gasteiger partial charge on any atom is 0.294 e. The molecule has 0 spiro atoms. The fraction of sp³-hybridized carbons (Fsp3) is 0.171. The van der Waals surface area contributed by atoms with Crippen molar-refractivity contribution >= 4 is 23.1 Å². The van der Waals surface area contributed by atoms with Gasteiger partial charge in [0.05, 0.1) is 17.8 Å². The highest BCUT2D eigenvalue weighted by molar-refractivity contribution is 6.41. The number of hydrogen-bond acceptors (Lipinski definition) is 7. The van der Waals surface area contributed by atoms with E-state index in [1.165, 1.54) is 41.7 Å². The first kappa shape index (κ1) is 32.9. The molecule has 1 amide bonds. The summed E-state index contributed by atoms with van der Waals surface area (Å²) in [6.07, 6.45) is 4.75. The number of pyridine rings is 1. The Morgan fingerprint density at radius 1 is 0.837 bits per heavy atom. The second-order valence-electron chi connectivity index (χ2n) is 11.4. The molecule has 1 aliphatic rings. The van der Waals surface area contributed by atoms with Crippen LogP contribution in [0.2, 0.25) is 0 Å². The molecule has 1 N–H and O–H groups in total. The maximum absolute atomic E-state index is 14.5. The topological polar surface area (TPSA) is 114 Å². The number of carbonyl (C=O) groups is 2. The lowest BCUT2D eigenvalue weighted by molar-refractivity contribution is -0.142. The number of hydrogen-bond donors (Lipinski definition) is 1. The van der Waals surface area contributed by atoms with Gasteiger partial charge < -0.3 is 19.5 Å². The lowest BCUT2D eigenvalue weighted by Gasteiger charge is -2.35. The van der Waals surface area contributed by atoms with Crippen molar-refractivity contribution in [2.24, 2.45) is 0 Å². The van der Waals surface area contributed by atoms with Crippen LogP contribution >= 0.6 is 0 Å². The molecule has 0 radical (unpaired) electrons. The smallest absolute Gasteiger partial charge is 0.294 e. The molecule has 250 valence electrons. The van der Waals surface area contributed by atoms with E-state index < -0.39 is 51.8 Å². The summed E-state index contributed by atoms with van der Waals surface area (Å²) in [7, 11) is 0. The van der Waals surface area contributed by atoms with E-state index in [0.717, 1.165) is 28.1 Å². The Bertz CT molecular complexity index is 2080. The SMILES string of the molecule is O=C(/C=C(/O)c1cc(Cc2cc(F)c(F)c(F)c2)cn(Cc2ccccc2F)c1=O)C(=O)N1CCN(c2ccc(-n3cncn3)cc2)CC1. The van der Waals surface area contributed by atoms with Crippen molar-refractivity contribution in [2.75, 3.05) is 31.1 Å². The number of aromatic nitrogens is 4. The molecule has 1 aliphatic heterocycles. The largest absolute Gasteiger partial charge is 0.507 e. The third kappa shape index (κ3) is 7.27. The Morgan fingerprint density at radius 3 is 2.16 bits per heavy atom. The number of benzene rings is 3. The Labute approximate surface area is 276 Å². The lowest BCUT2D eigenvalue weighted by atomic mass is 10.0. The van der Waals surface area contributed by atoms with Crippen molar-refractivity contribution in [3.05, 3.63) is 148 Å². The minimum atomic E-state index is -1.64. The molecule has 3 heterocycles. The first-order valence-corrected chi connectivity index (χ1v) is 15.1. The van der Waals surface area contributed by atoms with E-state index >= 15 is 0 Å². The second-order valence-corrected chi connectivity index (χ2v) is 11.4. The van der Waals surface area contributed by atoms with Gasteiger partial charge in [-0.25, -0.2) is 27.2 Å². The van der Waals surface area contributed by atoms with Gasteiger partial charge in [0.25, 0.3) is 11.5 Å². The molecule has 3 aromatic carbocycles. The van der Waals surface area contributed by atoms with Crippen LogP contribution in [0.3, 0.4) is 0 Å². The number of amides is 1. The van der Waals surface area contributed by atoms with Crippen LogP contribution in [0.25, 0.3) is 11.4 Å².